The molecule has 1 saturated heterocycles. The highest BCUT2D eigenvalue weighted by Gasteiger charge is 2.42. The van der Waals surface area contributed by atoms with Gasteiger partial charge in [0.05, 0.1) is 5.41 Å². The van der Waals surface area contributed by atoms with Crippen LogP contribution in [0.15, 0.2) is 12.7 Å². The van der Waals surface area contributed by atoms with Crippen molar-refractivity contribution in [1.29, 1.82) is 0 Å². The van der Waals surface area contributed by atoms with Crippen LogP contribution in [0.2, 0.25) is 0 Å². The molecule has 1 atom stereocenters. The van der Waals surface area contributed by atoms with E-state index in [1.54, 1.807) is 26.8 Å². The largest absolute Gasteiger partial charge is 0.443 e. The molecule has 1 rings (SSSR count). The molecule has 0 aliphatic carbocycles. The number of carbonyl (C=O) groups is 2. The quantitative estimate of drug-likeness (QED) is 0.710. The molecule has 1 heterocycles. The van der Waals surface area contributed by atoms with Gasteiger partial charge in [0.25, 0.3) is 0 Å². The highest BCUT2D eigenvalue weighted by atomic mass is 16.6. The van der Waals surface area contributed by atoms with E-state index < -0.39 is 17.1 Å². The summed E-state index contributed by atoms with van der Waals surface area (Å²) in [5.74, 6) is -0.150. The molecule has 18 heavy (non-hydrogen) atoms. The topological polar surface area (TPSA) is 46.6 Å². The van der Waals surface area contributed by atoms with E-state index in [4.69, 9.17) is 4.74 Å². The number of likely N-dealkylation sites (tertiary alicyclic amines) is 1. The lowest BCUT2D eigenvalue weighted by molar-refractivity contribution is -0.143. The molecule has 0 radical (unpaired) electrons. The fraction of sp³-hybridized carbons (Fsp3) is 0.714. The molecule has 2 amide bonds. The maximum absolute atomic E-state index is 12.3. The molecule has 0 aromatic carbocycles. The Morgan fingerprint density at radius 1 is 1.56 bits per heavy atom. The van der Waals surface area contributed by atoms with Gasteiger partial charge in [0, 0.05) is 6.54 Å². The molecule has 0 bridgehead atoms. The maximum atomic E-state index is 12.3. The highest BCUT2D eigenvalue weighted by molar-refractivity contribution is 5.96. The second kappa shape index (κ2) is 5.12. The van der Waals surface area contributed by atoms with Gasteiger partial charge < -0.3 is 4.74 Å². The van der Waals surface area contributed by atoms with E-state index in [1.165, 1.54) is 4.90 Å². The smallest absolute Gasteiger partial charge is 0.417 e. The van der Waals surface area contributed by atoms with Crippen LogP contribution >= 0.6 is 0 Å². The van der Waals surface area contributed by atoms with Crippen molar-refractivity contribution in [1.82, 2.24) is 4.90 Å². The van der Waals surface area contributed by atoms with E-state index in [2.05, 4.69) is 6.58 Å². The van der Waals surface area contributed by atoms with Crippen LogP contribution in [-0.2, 0) is 9.53 Å². The second-order valence-electron chi connectivity index (χ2n) is 6.09. The van der Waals surface area contributed by atoms with Crippen molar-refractivity contribution < 1.29 is 14.3 Å². The number of rotatable bonds is 2. The Morgan fingerprint density at radius 3 is 2.67 bits per heavy atom. The van der Waals surface area contributed by atoms with Gasteiger partial charge in [-0.1, -0.05) is 13.0 Å². The van der Waals surface area contributed by atoms with Crippen LogP contribution in [-0.4, -0.2) is 29.0 Å². The predicted octanol–water partition coefficient (Wildman–Crippen LogP) is 3.13. The molecule has 0 aromatic rings. The van der Waals surface area contributed by atoms with Crippen LogP contribution in [0.3, 0.4) is 0 Å². The number of ether oxygens (including phenoxy) is 1. The predicted molar refractivity (Wildman–Crippen MR) is 70.1 cm³/mol. The zero-order valence-corrected chi connectivity index (χ0v) is 11.8. The van der Waals surface area contributed by atoms with Crippen molar-refractivity contribution in [2.45, 2.75) is 52.6 Å². The molecule has 0 N–H and O–H groups in total. The van der Waals surface area contributed by atoms with E-state index in [-0.39, 0.29) is 5.91 Å². The first-order valence-electron chi connectivity index (χ1n) is 6.35. The minimum Gasteiger partial charge on any atom is -0.443 e. The van der Waals surface area contributed by atoms with Crippen LogP contribution in [0.1, 0.15) is 47.0 Å². The molecule has 1 aliphatic heterocycles. The number of imide groups is 1. The number of piperidine rings is 1. The van der Waals surface area contributed by atoms with Gasteiger partial charge in [-0.25, -0.2) is 9.69 Å². The molecular formula is C14H23NO3. The Hall–Kier alpha value is -1.32. The Bertz CT molecular complexity index is 357. The number of nitrogens with zero attached hydrogens (tertiary/aromatic N) is 1. The van der Waals surface area contributed by atoms with Crippen LogP contribution < -0.4 is 0 Å². The summed E-state index contributed by atoms with van der Waals surface area (Å²) >= 11 is 0. The van der Waals surface area contributed by atoms with E-state index in [0.29, 0.717) is 13.0 Å². The van der Waals surface area contributed by atoms with Gasteiger partial charge in [0.1, 0.15) is 5.60 Å². The third-order valence-electron chi connectivity index (χ3n) is 3.08. The molecule has 0 aromatic heterocycles. The maximum Gasteiger partial charge on any atom is 0.417 e. The zero-order valence-electron chi connectivity index (χ0n) is 11.8. The SMILES string of the molecule is C=CCC1(C)CCCN(C(=O)OC(C)(C)C)C1=O. The van der Waals surface area contributed by atoms with Crippen LogP contribution in [0.5, 0.6) is 0 Å². The molecule has 1 fully saturated rings. The van der Waals surface area contributed by atoms with Gasteiger partial charge >= 0.3 is 6.09 Å². The van der Waals surface area contributed by atoms with E-state index >= 15 is 0 Å². The summed E-state index contributed by atoms with van der Waals surface area (Å²) < 4.78 is 5.26. The fourth-order valence-electron chi connectivity index (χ4n) is 2.16. The monoisotopic (exact) mass is 253 g/mol. The molecule has 4 heteroatoms. The number of allylic oxidation sites excluding steroid dienone is 1. The van der Waals surface area contributed by atoms with Crippen molar-refractivity contribution in [2.24, 2.45) is 5.41 Å². The normalized spacial score (nSPS) is 24.9. The third-order valence-corrected chi connectivity index (χ3v) is 3.08. The van der Waals surface area contributed by atoms with E-state index in [0.717, 1.165) is 12.8 Å². The summed E-state index contributed by atoms with van der Waals surface area (Å²) in [7, 11) is 0. The average Bonchev–Trinajstić information content (AvgIpc) is 2.20. The zero-order chi connectivity index (χ0) is 14.0. The lowest BCUT2D eigenvalue weighted by Gasteiger charge is -2.38. The standard InChI is InChI=1S/C14H23NO3/c1-6-8-14(5)9-7-10-15(11(14)16)12(17)18-13(2,3)4/h6H,1,7-10H2,2-5H3. The summed E-state index contributed by atoms with van der Waals surface area (Å²) in [5.41, 5.74) is -1.10. The minimum atomic E-state index is -0.580. The van der Waals surface area contributed by atoms with Crippen LogP contribution in [0, 0.1) is 5.41 Å². The van der Waals surface area contributed by atoms with Gasteiger partial charge in [-0.3, -0.25) is 4.79 Å². The van der Waals surface area contributed by atoms with Gasteiger partial charge in [0.2, 0.25) is 5.91 Å². The summed E-state index contributed by atoms with van der Waals surface area (Å²) in [6.45, 7) is 11.4. The molecule has 102 valence electrons. The summed E-state index contributed by atoms with van der Waals surface area (Å²) in [5, 5.41) is 0. The number of carbonyl (C=O) groups excluding carboxylic acids is 2. The van der Waals surface area contributed by atoms with Crippen LogP contribution in [0.4, 0.5) is 4.79 Å². The Balaban J connectivity index is 2.81. The van der Waals surface area contributed by atoms with Gasteiger partial charge in [-0.15, -0.1) is 6.58 Å². The fourth-order valence-corrected chi connectivity index (χ4v) is 2.16. The first-order chi connectivity index (χ1) is 8.19. The molecule has 1 aliphatic rings. The van der Waals surface area contributed by atoms with Gasteiger partial charge in [-0.2, -0.15) is 0 Å². The van der Waals surface area contributed by atoms with Crippen molar-refractivity contribution in [3.05, 3.63) is 12.7 Å². The second-order valence-corrected chi connectivity index (χ2v) is 6.09. The van der Waals surface area contributed by atoms with Gasteiger partial charge in [0.15, 0.2) is 0 Å². The lowest BCUT2D eigenvalue weighted by atomic mass is 9.78. The summed E-state index contributed by atoms with van der Waals surface area (Å²) in [6.07, 6.45) is 3.39. The molecule has 0 saturated carbocycles. The van der Waals surface area contributed by atoms with Crippen molar-refractivity contribution in [3.8, 4) is 0 Å². The van der Waals surface area contributed by atoms with Crippen molar-refractivity contribution in [2.75, 3.05) is 6.54 Å². The average molecular weight is 253 g/mol. The lowest BCUT2D eigenvalue weighted by Crippen LogP contribution is -2.51. The highest BCUT2D eigenvalue weighted by Crippen LogP contribution is 2.35. The Morgan fingerprint density at radius 2 is 2.17 bits per heavy atom. The number of hydrogen-bond acceptors (Lipinski definition) is 3. The summed E-state index contributed by atoms with van der Waals surface area (Å²) in [6, 6.07) is 0. The number of amides is 2. The first kappa shape index (κ1) is 14.7. The number of hydrogen-bond donors (Lipinski definition) is 0. The Labute approximate surface area is 109 Å². The Kier molecular flexibility index (Phi) is 4.20. The summed E-state index contributed by atoms with van der Waals surface area (Å²) in [4.78, 5) is 25.5. The van der Waals surface area contributed by atoms with E-state index in [1.807, 2.05) is 6.92 Å². The third kappa shape index (κ3) is 3.34. The van der Waals surface area contributed by atoms with Crippen LogP contribution in [0.25, 0.3) is 0 Å². The minimum absolute atomic E-state index is 0.150. The molecule has 4 nitrogen and oxygen atoms in total. The first-order valence-corrected chi connectivity index (χ1v) is 6.35. The molecule has 1 unspecified atom stereocenters. The van der Waals surface area contributed by atoms with Gasteiger partial charge in [-0.05, 0) is 40.0 Å². The van der Waals surface area contributed by atoms with E-state index in [9.17, 15) is 9.59 Å². The molecular weight excluding hydrogens is 230 g/mol. The molecule has 0 spiro atoms. The van der Waals surface area contributed by atoms with Crippen molar-refractivity contribution >= 4 is 12.0 Å². The van der Waals surface area contributed by atoms with Crippen molar-refractivity contribution in [3.63, 3.8) is 0 Å².